The lowest BCUT2D eigenvalue weighted by atomic mass is 9.95. The molecular formula is C17H17ClN2O2S. The molecule has 0 saturated carbocycles. The Morgan fingerprint density at radius 2 is 2.09 bits per heavy atom. The Kier molecular flexibility index (Phi) is 4.41. The molecule has 1 atom stereocenters. The second-order valence-electron chi connectivity index (χ2n) is 5.91. The first-order chi connectivity index (χ1) is 11.0. The number of oxime groups is 1. The van der Waals surface area contributed by atoms with E-state index < -0.39 is 5.60 Å². The van der Waals surface area contributed by atoms with Crippen LogP contribution in [0.15, 0.2) is 41.6 Å². The van der Waals surface area contributed by atoms with Crippen molar-refractivity contribution in [2.24, 2.45) is 5.16 Å². The third-order valence-corrected chi connectivity index (χ3v) is 4.95. The molecule has 3 rings (SSSR count). The summed E-state index contributed by atoms with van der Waals surface area (Å²) in [5, 5.41) is 7.08. The molecule has 1 N–H and O–H groups in total. The van der Waals surface area contributed by atoms with Crippen LogP contribution in [0.2, 0.25) is 4.34 Å². The van der Waals surface area contributed by atoms with Gasteiger partial charge in [-0.25, -0.2) is 0 Å². The summed E-state index contributed by atoms with van der Waals surface area (Å²) >= 11 is 7.11. The predicted molar refractivity (Wildman–Crippen MR) is 93.5 cm³/mol. The number of rotatable bonds is 4. The average molecular weight is 349 g/mol. The summed E-state index contributed by atoms with van der Waals surface area (Å²) in [6.07, 6.45) is 0.654. The van der Waals surface area contributed by atoms with Crippen molar-refractivity contribution in [3.8, 4) is 0 Å². The topological polar surface area (TPSA) is 50.7 Å². The zero-order valence-corrected chi connectivity index (χ0v) is 14.5. The minimum atomic E-state index is -0.531. The van der Waals surface area contributed by atoms with Gasteiger partial charge in [0.2, 0.25) is 0 Å². The maximum atomic E-state index is 12.1. The van der Waals surface area contributed by atoms with Gasteiger partial charge >= 0.3 is 0 Å². The van der Waals surface area contributed by atoms with Crippen molar-refractivity contribution in [1.82, 2.24) is 5.32 Å². The molecule has 1 aromatic heterocycles. The summed E-state index contributed by atoms with van der Waals surface area (Å²) in [7, 11) is 0. The van der Waals surface area contributed by atoms with E-state index in [1.165, 1.54) is 16.9 Å². The highest BCUT2D eigenvalue weighted by Gasteiger charge is 2.35. The highest BCUT2D eigenvalue weighted by Crippen LogP contribution is 2.27. The molecule has 0 saturated heterocycles. The van der Waals surface area contributed by atoms with Crippen LogP contribution in [0.25, 0.3) is 0 Å². The molecule has 4 nitrogen and oxygen atoms in total. The lowest BCUT2D eigenvalue weighted by Crippen LogP contribution is -2.40. The maximum Gasteiger partial charge on any atom is 0.261 e. The monoisotopic (exact) mass is 348 g/mol. The molecule has 120 valence electrons. The van der Waals surface area contributed by atoms with Gasteiger partial charge in [0.15, 0.2) is 5.60 Å². The highest BCUT2D eigenvalue weighted by atomic mass is 35.5. The molecule has 1 aliphatic heterocycles. The lowest BCUT2D eigenvalue weighted by Gasteiger charge is -2.21. The minimum Gasteiger partial charge on any atom is -0.387 e. The van der Waals surface area contributed by atoms with E-state index in [0.29, 0.717) is 22.2 Å². The second-order valence-corrected chi connectivity index (χ2v) is 7.62. The quantitative estimate of drug-likeness (QED) is 0.907. The minimum absolute atomic E-state index is 0.143. The van der Waals surface area contributed by atoms with Gasteiger partial charge in [-0.1, -0.05) is 46.6 Å². The first kappa shape index (κ1) is 16.0. The molecule has 0 bridgehead atoms. The number of hydrogen-bond donors (Lipinski definition) is 1. The van der Waals surface area contributed by atoms with Crippen LogP contribution in [-0.2, 0) is 4.84 Å². The Morgan fingerprint density at radius 1 is 1.35 bits per heavy atom. The van der Waals surface area contributed by atoms with Crippen molar-refractivity contribution >= 4 is 34.6 Å². The van der Waals surface area contributed by atoms with Gasteiger partial charge in [-0.15, -0.1) is 11.3 Å². The number of halogens is 1. The van der Waals surface area contributed by atoms with Gasteiger partial charge in [0.05, 0.1) is 21.5 Å². The number of benzene rings is 1. The van der Waals surface area contributed by atoms with E-state index in [1.807, 2.05) is 26.0 Å². The van der Waals surface area contributed by atoms with Crippen LogP contribution in [0.3, 0.4) is 0 Å². The Balaban J connectivity index is 1.59. The molecule has 1 aromatic carbocycles. The molecule has 23 heavy (non-hydrogen) atoms. The summed E-state index contributed by atoms with van der Waals surface area (Å²) in [5.74, 6) is -0.143. The average Bonchev–Trinajstić information content (AvgIpc) is 3.13. The molecule has 0 fully saturated rings. The summed E-state index contributed by atoms with van der Waals surface area (Å²) < 4.78 is 0.600. The van der Waals surface area contributed by atoms with E-state index >= 15 is 0 Å². The molecule has 2 aromatic rings. The van der Waals surface area contributed by atoms with Crippen LogP contribution in [0.1, 0.15) is 34.1 Å². The first-order valence-electron chi connectivity index (χ1n) is 7.31. The van der Waals surface area contributed by atoms with Crippen LogP contribution in [0, 0.1) is 6.92 Å². The van der Waals surface area contributed by atoms with Crippen LogP contribution in [-0.4, -0.2) is 23.8 Å². The first-order valence-corrected chi connectivity index (χ1v) is 8.50. The Morgan fingerprint density at radius 3 is 2.74 bits per heavy atom. The predicted octanol–water partition coefficient (Wildman–Crippen LogP) is 4.02. The molecule has 0 aliphatic carbocycles. The fourth-order valence-corrected chi connectivity index (χ4v) is 3.33. The van der Waals surface area contributed by atoms with E-state index in [2.05, 4.69) is 22.6 Å². The summed E-state index contributed by atoms with van der Waals surface area (Å²) in [6, 6.07) is 11.6. The molecule has 2 heterocycles. The van der Waals surface area contributed by atoms with E-state index in [1.54, 1.807) is 12.1 Å². The smallest absolute Gasteiger partial charge is 0.261 e. The van der Waals surface area contributed by atoms with E-state index in [-0.39, 0.29) is 5.91 Å². The molecule has 1 unspecified atom stereocenters. The molecule has 1 amide bonds. The Bertz CT molecular complexity index is 754. The number of aryl methyl sites for hydroxylation is 1. The van der Waals surface area contributed by atoms with Gasteiger partial charge < -0.3 is 10.2 Å². The number of amides is 1. The number of nitrogens with one attached hydrogen (secondary N) is 1. The fraction of sp³-hybridized carbons (Fsp3) is 0.294. The van der Waals surface area contributed by atoms with Gasteiger partial charge in [-0.3, -0.25) is 4.79 Å². The number of hydrogen-bond acceptors (Lipinski definition) is 4. The Hall–Kier alpha value is -1.85. The standard InChI is InChI=1S/C17H17ClN2O2S/c1-11-3-5-12(6-4-11)13-9-17(2,22-20-13)10-19-16(21)14-7-8-15(18)23-14/h3-8H,9-10H2,1-2H3,(H,19,21). The number of carbonyl (C=O) groups excluding carboxylic acids is 1. The van der Waals surface area contributed by atoms with E-state index in [9.17, 15) is 4.79 Å². The third-order valence-electron chi connectivity index (χ3n) is 3.72. The maximum absolute atomic E-state index is 12.1. The van der Waals surface area contributed by atoms with E-state index in [4.69, 9.17) is 16.4 Å². The molecular weight excluding hydrogens is 332 g/mol. The molecule has 0 radical (unpaired) electrons. The second kappa shape index (κ2) is 6.34. The molecule has 1 aliphatic rings. The zero-order valence-electron chi connectivity index (χ0n) is 12.9. The molecule has 0 spiro atoms. The van der Waals surface area contributed by atoms with Gasteiger partial charge in [-0.2, -0.15) is 0 Å². The molecule has 6 heteroatoms. The highest BCUT2D eigenvalue weighted by molar-refractivity contribution is 7.17. The van der Waals surface area contributed by atoms with Crippen molar-refractivity contribution in [3.63, 3.8) is 0 Å². The van der Waals surface area contributed by atoms with Gasteiger partial charge in [0, 0.05) is 6.42 Å². The van der Waals surface area contributed by atoms with Crippen LogP contribution in [0.4, 0.5) is 0 Å². The van der Waals surface area contributed by atoms with Gasteiger partial charge in [0.1, 0.15) is 0 Å². The van der Waals surface area contributed by atoms with Crippen molar-refractivity contribution in [2.75, 3.05) is 6.54 Å². The van der Waals surface area contributed by atoms with Crippen molar-refractivity contribution in [1.29, 1.82) is 0 Å². The van der Waals surface area contributed by atoms with Crippen LogP contribution >= 0.6 is 22.9 Å². The van der Waals surface area contributed by atoms with Crippen LogP contribution < -0.4 is 5.32 Å². The summed E-state index contributed by atoms with van der Waals surface area (Å²) in [6.45, 7) is 4.38. The summed E-state index contributed by atoms with van der Waals surface area (Å²) in [5.41, 5.74) is 2.63. The fourth-order valence-electron chi connectivity index (χ4n) is 2.37. The lowest BCUT2D eigenvalue weighted by molar-refractivity contribution is -0.00178. The number of carbonyl (C=O) groups is 1. The Labute approximate surface area is 144 Å². The summed E-state index contributed by atoms with van der Waals surface area (Å²) in [4.78, 5) is 18.3. The normalized spacial score (nSPS) is 20.0. The number of thiophene rings is 1. The van der Waals surface area contributed by atoms with Crippen molar-refractivity contribution in [3.05, 3.63) is 56.7 Å². The largest absolute Gasteiger partial charge is 0.387 e. The SMILES string of the molecule is Cc1ccc(C2=NOC(C)(CNC(=O)c3ccc(Cl)s3)C2)cc1. The third kappa shape index (κ3) is 3.74. The zero-order chi connectivity index (χ0) is 16.4. The number of nitrogens with zero attached hydrogens (tertiary/aromatic N) is 1. The van der Waals surface area contributed by atoms with Crippen molar-refractivity contribution < 1.29 is 9.63 Å². The van der Waals surface area contributed by atoms with Gasteiger partial charge in [-0.05, 0) is 31.5 Å². The van der Waals surface area contributed by atoms with Crippen molar-refractivity contribution in [2.45, 2.75) is 25.9 Å². The van der Waals surface area contributed by atoms with E-state index in [0.717, 1.165) is 11.3 Å². The van der Waals surface area contributed by atoms with Gasteiger partial charge in [0.25, 0.3) is 5.91 Å². The van der Waals surface area contributed by atoms with Crippen LogP contribution in [0.5, 0.6) is 0 Å².